The van der Waals surface area contributed by atoms with Gasteiger partial charge in [-0.05, 0) is 18.8 Å². The van der Waals surface area contributed by atoms with Gasteiger partial charge in [0.1, 0.15) is 6.04 Å². The average molecular weight is 266 g/mol. The Morgan fingerprint density at radius 3 is 2.17 bits per heavy atom. The minimum absolute atomic E-state index is 0.191. The molecule has 1 aliphatic heterocycles. The quantitative estimate of drug-likeness (QED) is 0.825. The van der Waals surface area contributed by atoms with E-state index in [1.54, 1.807) is 0 Å². The van der Waals surface area contributed by atoms with Gasteiger partial charge in [-0.25, -0.2) is 0 Å². The van der Waals surface area contributed by atoms with Crippen molar-refractivity contribution < 1.29 is 23.1 Å². The first-order valence-electron chi connectivity index (χ1n) is 6.13. The van der Waals surface area contributed by atoms with Gasteiger partial charge in [-0.15, -0.1) is 0 Å². The van der Waals surface area contributed by atoms with Crippen LogP contribution >= 0.6 is 0 Å². The van der Waals surface area contributed by atoms with E-state index < -0.39 is 24.7 Å². The van der Waals surface area contributed by atoms with Crippen molar-refractivity contribution in [1.29, 1.82) is 0 Å². The average Bonchev–Trinajstić information content (AvgIpc) is 3.02. The minimum Gasteiger partial charge on any atom is -0.480 e. The van der Waals surface area contributed by atoms with Crippen molar-refractivity contribution in [3.8, 4) is 0 Å². The van der Waals surface area contributed by atoms with Gasteiger partial charge in [0.15, 0.2) is 0 Å². The van der Waals surface area contributed by atoms with E-state index in [1.807, 2.05) is 4.90 Å². The van der Waals surface area contributed by atoms with Gasteiger partial charge in [0, 0.05) is 26.2 Å². The number of carbonyl (C=O) groups is 1. The lowest BCUT2D eigenvalue weighted by Crippen LogP contribution is -2.54. The van der Waals surface area contributed by atoms with Crippen LogP contribution in [0.1, 0.15) is 12.8 Å². The van der Waals surface area contributed by atoms with Crippen molar-refractivity contribution in [2.45, 2.75) is 25.1 Å². The standard InChI is InChI=1S/C11H17F3N2O2/c12-11(13,14)7-15-3-5-16(6-4-15)9(10(17)18)8-1-2-8/h8-9H,1-7H2,(H,17,18). The molecule has 1 atom stereocenters. The highest BCUT2D eigenvalue weighted by Crippen LogP contribution is 2.36. The van der Waals surface area contributed by atoms with Crippen LogP contribution in [0.25, 0.3) is 0 Å². The Morgan fingerprint density at radius 1 is 1.22 bits per heavy atom. The summed E-state index contributed by atoms with van der Waals surface area (Å²) in [6, 6.07) is -0.502. The summed E-state index contributed by atoms with van der Waals surface area (Å²) in [5.74, 6) is -0.654. The van der Waals surface area contributed by atoms with Crippen LogP contribution in [0.15, 0.2) is 0 Å². The number of alkyl halides is 3. The molecule has 0 radical (unpaired) electrons. The minimum atomic E-state index is -4.18. The molecule has 0 spiro atoms. The molecule has 2 fully saturated rings. The van der Waals surface area contributed by atoms with E-state index in [4.69, 9.17) is 5.11 Å². The number of carboxylic acids is 1. The van der Waals surface area contributed by atoms with Crippen molar-refractivity contribution >= 4 is 5.97 Å². The van der Waals surface area contributed by atoms with Gasteiger partial charge < -0.3 is 5.11 Å². The molecule has 1 unspecified atom stereocenters. The van der Waals surface area contributed by atoms with Gasteiger partial charge in [-0.1, -0.05) is 0 Å². The van der Waals surface area contributed by atoms with Crippen molar-refractivity contribution in [2.24, 2.45) is 5.92 Å². The first kappa shape index (κ1) is 13.6. The maximum absolute atomic E-state index is 12.2. The van der Waals surface area contributed by atoms with Crippen LogP contribution in [0, 0.1) is 5.92 Å². The zero-order valence-corrected chi connectivity index (χ0v) is 9.99. The number of hydrogen-bond acceptors (Lipinski definition) is 3. The molecule has 2 aliphatic rings. The summed E-state index contributed by atoms with van der Waals surface area (Å²) in [7, 11) is 0. The second kappa shape index (κ2) is 5.05. The molecular weight excluding hydrogens is 249 g/mol. The van der Waals surface area contributed by atoms with E-state index in [2.05, 4.69) is 0 Å². The molecule has 0 aromatic rings. The number of piperazine rings is 1. The highest BCUT2D eigenvalue weighted by atomic mass is 19.4. The third-order valence-corrected chi connectivity index (χ3v) is 3.52. The fourth-order valence-electron chi connectivity index (χ4n) is 2.52. The lowest BCUT2D eigenvalue weighted by molar-refractivity contribution is -0.154. The fraction of sp³-hybridized carbons (Fsp3) is 0.909. The first-order valence-corrected chi connectivity index (χ1v) is 6.13. The number of hydrogen-bond donors (Lipinski definition) is 1. The third kappa shape index (κ3) is 3.58. The Hall–Kier alpha value is -0.820. The van der Waals surface area contributed by atoms with Gasteiger partial charge in [-0.3, -0.25) is 14.6 Å². The highest BCUT2D eigenvalue weighted by Gasteiger charge is 2.41. The maximum Gasteiger partial charge on any atom is 0.401 e. The van der Waals surface area contributed by atoms with E-state index >= 15 is 0 Å². The van der Waals surface area contributed by atoms with Gasteiger partial charge in [0.2, 0.25) is 0 Å². The van der Waals surface area contributed by atoms with Crippen LogP contribution in [0.3, 0.4) is 0 Å². The van der Waals surface area contributed by atoms with E-state index in [0.717, 1.165) is 12.8 Å². The maximum atomic E-state index is 12.2. The summed E-state index contributed by atoms with van der Waals surface area (Å²) >= 11 is 0. The molecule has 0 bridgehead atoms. The highest BCUT2D eigenvalue weighted by molar-refractivity contribution is 5.74. The number of halogens is 3. The number of aliphatic carboxylic acids is 1. The fourth-order valence-corrected chi connectivity index (χ4v) is 2.52. The monoisotopic (exact) mass is 266 g/mol. The van der Waals surface area contributed by atoms with E-state index in [0.29, 0.717) is 13.1 Å². The molecule has 0 aromatic heterocycles. The first-order chi connectivity index (χ1) is 8.37. The predicted octanol–water partition coefficient (Wildman–Crippen LogP) is 1.03. The molecule has 1 saturated carbocycles. The van der Waals surface area contributed by atoms with Crippen LogP contribution < -0.4 is 0 Å². The smallest absolute Gasteiger partial charge is 0.401 e. The predicted molar refractivity (Wildman–Crippen MR) is 58.2 cm³/mol. The number of rotatable bonds is 4. The van der Waals surface area contributed by atoms with E-state index in [-0.39, 0.29) is 19.0 Å². The van der Waals surface area contributed by atoms with Crippen LogP contribution in [-0.4, -0.2) is 65.8 Å². The molecule has 2 rings (SSSR count). The van der Waals surface area contributed by atoms with Crippen molar-refractivity contribution in [1.82, 2.24) is 9.80 Å². The van der Waals surface area contributed by atoms with Crippen molar-refractivity contribution in [2.75, 3.05) is 32.7 Å². The molecule has 1 saturated heterocycles. The second-order valence-corrected chi connectivity index (χ2v) is 5.05. The van der Waals surface area contributed by atoms with Gasteiger partial charge in [0.25, 0.3) is 0 Å². The third-order valence-electron chi connectivity index (χ3n) is 3.52. The van der Waals surface area contributed by atoms with E-state index in [9.17, 15) is 18.0 Å². The normalized spacial score (nSPS) is 25.1. The molecule has 0 amide bonds. The lowest BCUT2D eigenvalue weighted by atomic mass is 10.1. The zero-order valence-electron chi connectivity index (χ0n) is 9.99. The molecule has 0 aromatic carbocycles. The summed E-state index contributed by atoms with van der Waals surface area (Å²) in [5, 5.41) is 9.15. The molecule has 4 nitrogen and oxygen atoms in total. The van der Waals surface area contributed by atoms with Crippen molar-refractivity contribution in [3.63, 3.8) is 0 Å². The Balaban J connectivity index is 1.84. The van der Waals surface area contributed by atoms with Gasteiger partial charge >= 0.3 is 12.1 Å². The summed E-state index contributed by atoms with van der Waals surface area (Å²) in [4.78, 5) is 14.3. The second-order valence-electron chi connectivity index (χ2n) is 5.05. The lowest BCUT2D eigenvalue weighted by Gasteiger charge is -2.38. The summed E-state index contributed by atoms with van der Waals surface area (Å²) in [6.45, 7) is 0.487. The van der Waals surface area contributed by atoms with Gasteiger partial charge in [0.05, 0.1) is 6.54 Å². The Labute approximate surface area is 103 Å². The molecular formula is C11H17F3N2O2. The summed E-state index contributed by atoms with van der Waals surface area (Å²) in [5.41, 5.74) is 0. The SMILES string of the molecule is O=C(O)C(C1CC1)N1CCN(CC(F)(F)F)CC1. The summed E-state index contributed by atoms with van der Waals surface area (Å²) < 4.78 is 36.6. The Bertz CT molecular complexity index is 310. The molecule has 7 heteroatoms. The number of nitrogens with zero attached hydrogens (tertiary/aromatic N) is 2. The molecule has 1 aliphatic carbocycles. The molecule has 1 N–H and O–H groups in total. The van der Waals surface area contributed by atoms with Crippen LogP contribution in [-0.2, 0) is 4.79 Å². The molecule has 104 valence electrons. The Morgan fingerprint density at radius 2 is 1.78 bits per heavy atom. The summed E-state index contributed by atoms with van der Waals surface area (Å²) in [6.07, 6.45) is -2.34. The van der Waals surface area contributed by atoms with Crippen molar-refractivity contribution in [3.05, 3.63) is 0 Å². The topological polar surface area (TPSA) is 43.8 Å². The van der Waals surface area contributed by atoms with E-state index in [1.165, 1.54) is 4.90 Å². The molecule has 1 heterocycles. The zero-order chi connectivity index (χ0) is 13.3. The Kier molecular flexibility index (Phi) is 3.82. The molecule has 18 heavy (non-hydrogen) atoms. The van der Waals surface area contributed by atoms with Crippen LogP contribution in [0.5, 0.6) is 0 Å². The largest absolute Gasteiger partial charge is 0.480 e. The number of carboxylic acid groups (broad SMARTS) is 1. The van der Waals surface area contributed by atoms with Crippen LogP contribution in [0.4, 0.5) is 13.2 Å². The van der Waals surface area contributed by atoms with Gasteiger partial charge in [-0.2, -0.15) is 13.2 Å². The van der Waals surface area contributed by atoms with Crippen LogP contribution in [0.2, 0.25) is 0 Å².